The summed E-state index contributed by atoms with van der Waals surface area (Å²) in [4.78, 5) is 10.5. The normalized spacial score (nSPS) is 11.4. The summed E-state index contributed by atoms with van der Waals surface area (Å²) in [6.07, 6.45) is -4.75. The Labute approximate surface area is 92.3 Å². The Morgan fingerprint density at radius 3 is 2.46 bits per heavy atom. The van der Waals surface area contributed by atoms with Gasteiger partial charge in [0.25, 0.3) is 0 Å². The van der Waals surface area contributed by atoms with Crippen LogP contribution in [0.2, 0.25) is 0 Å². The molecule has 0 saturated carbocycles. The van der Waals surface area contributed by atoms with Crippen LogP contribution in [0.25, 0.3) is 0 Å². The molecule has 2 nitrogen and oxygen atoms in total. The van der Waals surface area contributed by atoms with Crippen molar-refractivity contribution in [3.8, 4) is 0 Å². The minimum absolute atomic E-state index is 0.00196. The fourth-order valence-electron chi connectivity index (χ4n) is 0.484. The highest BCUT2D eigenvalue weighted by molar-refractivity contribution is 14.1. The van der Waals surface area contributed by atoms with Gasteiger partial charge in [0, 0.05) is 11.5 Å². The van der Waals surface area contributed by atoms with Crippen molar-refractivity contribution in [2.45, 2.75) is 19.0 Å². The Kier molecular flexibility index (Phi) is 6.92. The van der Waals surface area contributed by atoms with Crippen molar-refractivity contribution in [1.29, 1.82) is 0 Å². The predicted octanol–water partition coefficient (Wildman–Crippen LogP) is 2.96. The van der Waals surface area contributed by atoms with Gasteiger partial charge in [-0.3, -0.25) is 4.79 Å². The van der Waals surface area contributed by atoms with Crippen LogP contribution >= 0.6 is 34.8 Å². The molecule has 0 bridgehead atoms. The molecule has 0 fully saturated rings. The predicted molar refractivity (Wildman–Crippen MR) is 52.7 cm³/mol. The Morgan fingerprint density at radius 2 is 2.00 bits per heavy atom. The molecule has 0 aromatic rings. The number of rotatable bonds is 5. The lowest BCUT2D eigenvalue weighted by Crippen LogP contribution is -2.08. The number of hydrogen-bond donors (Lipinski definition) is 0. The van der Waals surface area contributed by atoms with Crippen LogP contribution in [0.4, 0.5) is 13.2 Å². The van der Waals surface area contributed by atoms with Crippen molar-refractivity contribution in [3.05, 3.63) is 0 Å². The highest BCUT2D eigenvalue weighted by Crippen LogP contribution is 2.22. The summed E-state index contributed by atoms with van der Waals surface area (Å²) in [5, 5.41) is 0. The van der Waals surface area contributed by atoms with Crippen molar-refractivity contribution in [2.24, 2.45) is 0 Å². The molecule has 0 atom stereocenters. The molecule has 0 unspecified atom stereocenters. The minimum Gasteiger partial charge on any atom is -0.394 e. The molecule has 0 N–H and O–H groups in total. The smallest absolute Gasteiger partial charge is 0.389 e. The van der Waals surface area contributed by atoms with Crippen molar-refractivity contribution in [3.63, 3.8) is 0 Å². The SMILES string of the molecule is O=C(CCSCCC(F)(F)F)OI. The zero-order chi connectivity index (χ0) is 10.3. The van der Waals surface area contributed by atoms with E-state index in [9.17, 15) is 18.0 Å². The highest BCUT2D eigenvalue weighted by atomic mass is 127. The number of halogens is 4. The van der Waals surface area contributed by atoms with Gasteiger partial charge in [0.2, 0.25) is 0 Å². The third-order valence-electron chi connectivity index (χ3n) is 1.07. The first kappa shape index (κ1) is 13.3. The van der Waals surface area contributed by atoms with Crippen molar-refractivity contribution in [1.82, 2.24) is 0 Å². The second-order valence-electron chi connectivity index (χ2n) is 2.18. The van der Waals surface area contributed by atoms with Crippen LogP contribution in [-0.4, -0.2) is 23.7 Å². The van der Waals surface area contributed by atoms with Gasteiger partial charge in [-0.1, -0.05) is 0 Å². The first-order chi connectivity index (χ1) is 5.95. The number of carbonyl (C=O) groups is 1. The molecule has 0 aliphatic heterocycles. The van der Waals surface area contributed by atoms with Gasteiger partial charge in [0.15, 0.2) is 23.0 Å². The monoisotopic (exact) mass is 328 g/mol. The first-order valence-electron chi connectivity index (χ1n) is 3.41. The van der Waals surface area contributed by atoms with E-state index < -0.39 is 18.6 Å². The zero-order valence-electron chi connectivity index (χ0n) is 6.57. The van der Waals surface area contributed by atoms with E-state index in [1.54, 1.807) is 0 Å². The molecule has 0 radical (unpaired) electrons. The molecule has 0 spiro atoms. The van der Waals surface area contributed by atoms with Crippen LogP contribution in [0.1, 0.15) is 12.8 Å². The van der Waals surface area contributed by atoms with E-state index in [4.69, 9.17) is 0 Å². The Bertz CT molecular complexity index is 162. The van der Waals surface area contributed by atoms with Crippen LogP contribution in [0, 0.1) is 0 Å². The van der Waals surface area contributed by atoms with Gasteiger partial charge in [-0.15, -0.1) is 0 Å². The fourth-order valence-corrected chi connectivity index (χ4v) is 1.60. The summed E-state index contributed by atoms with van der Waals surface area (Å²) >= 11 is 2.55. The molecule has 0 aromatic heterocycles. The third kappa shape index (κ3) is 10.3. The van der Waals surface area contributed by atoms with Crippen LogP contribution in [-0.2, 0) is 7.86 Å². The standard InChI is InChI=1S/C6H8F3IO2S/c7-6(8,9)2-4-13-3-1-5(11)12-10/h1-4H2. The zero-order valence-corrected chi connectivity index (χ0v) is 9.54. The molecule has 78 valence electrons. The molecule has 0 heterocycles. The summed E-state index contributed by atoms with van der Waals surface area (Å²) in [5.41, 5.74) is 0. The maximum Gasteiger partial charge on any atom is 0.389 e. The first-order valence-corrected chi connectivity index (χ1v) is 5.45. The van der Waals surface area contributed by atoms with Gasteiger partial charge in [0.05, 0.1) is 12.8 Å². The van der Waals surface area contributed by atoms with Gasteiger partial charge in [-0.25, -0.2) is 0 Å². The van der Waals surface area contributed by atoms with Gasteiger partial charge >= 0.3 is 12.1 Å². The summed E-state index contributed by atoms with van der Waals surface area (Å²) in [6.45, 7) is 0. The van der Waals surface area contributed by atoms with Crippen molar-refractivity contribution in [2.75, 3.05) is 11.5 Å². The summed E-state index contributed by atoms with van der Waals surface area (Å²) in [5.74, 6) is -0.0317. The lowest BCUT2D eigenvalue weighted by molar-refractivity contribution is -0.131. The highest BCUT2D eigenvalue weighted by Gasteiger charge is 2.26. The topological polar surface area (TPSA) is 26.3 Å². The molecule has 0 saturated heterocycles. The Balaban J connectivity index is 3.22. The average Bonchev–Trinajstić information content (AvgIpc) is 2.01. The van der Waals surface area contributed by atoms with Crippen molar-refractivity contribution < 1.29 is 21.0 Å². The largest absolute Gasteiger partial charge is 0.394 e. The molecular formula is C6H8F3IO2S. The minimum atomic E-state index is -4.10. The molecule has 0 aliphatic carbocycles. The number of alkyl halides is 3. The summed E-state index contributed by atoms with van der Waals surface area (Å²) in [7, 11) is 0. The van der Waals surface area contributed by atoms with Crippen LogP contribution in [0.3, 0.4) is 0 Å². The molecule has 0 aromatic carbocycles. The average molecular weight is 328 g/mol. The lowest BCUT2D eigenvalue weighted by atomic mass is 10.5. The van der Waals surface area contributed by atoms with E-state index >= 15 is 0 Å². The second-order valence-corrected chi connectivity index (χ2v) is 3.84. The van der Waals surface area contributed by atoms with E-state index in [2.05, 4.69) is 3.07 Å². The quantitative estimate of drug-likeness (QED) is 0.573. The molecule has 0 rings (SSSR count). The van der Waals surface area contributed by atoms with E-state index in [0.29, 0.717) is 5.75 Å². The second kappa shape index (κ2) is 6.74. The molecule has 0 amide bonds. The third-order valence-corrected chi connectivity index (χ3v) is 2.54. The van der Waals surface area contributed by atoms with E-state index in [0.717, 1.165) is 11.8 Å². The molecular weight excluding hydrogens is 320 g/mol. The molecule has 0 aliphatic rings. The van der Waals surface area contributed by atoms with E-state index in [-0.39, 0.29) is 12.2 Å². The van der Waals surface area contributed by atoms with E-state index in [1.807, 2.05) is 0 Å². The van der Waals surface area contributed by atoms with E-state index in [1.165, 1.54) is 23.0 Å². The van der Waals surface area contributed by atoms with Gasteiger partial charge in [-0.2, -0.15) is 24.9 Å². The Morgan fingerprint density at radius 1 is 1.38 bits per heavy atom. The Hall–Kier alpha value is 0.340. The maximum absolute atomic E-state index is 11.6. The number of hydrogen-bond acceptors (Lipinski definition) is 3. The van der Waals surface area contributed by atoms with Gasteiger partial charge in [-0.05, 0) is 0 Å². The van der Waals surface area contributed by atoms with Crippen molar-refractivity contribution >= 4 is 40.7 Å². The molecule has 13 heavy (non-hydrogen) atoms. The fraction of sp³-hybridized carbons (Fsp3) is 0.833. The van der Waals surface area contributed by atoms with Crippen LogP contribution in [0.5, 0.6) is 0 Å². The summed E-state index contributed by atoms with van der Waals surface area (Å²) < 4.78 is 39.1. The number of thioether (sulfide) groups is 1. The summed E-state index contributed by atoms with van der Waals surface area (Å²) in [6, 6.07) is 0. The van der Waals surface area contributed by atoms with Gasteiger partial charge < -0.3 is 3.07 Å². The number of carbonyl (C=O) groups excluding carboxylic acids is 1. The van der Waals surface area contributed by atoms with Crippen LogP contribution in [0.15, 0.2) is 0 Å². The maximum atomic E-state index is 11.6. The lowest BCUT2D eigenvalue weighted by Gasteiger charge is -2.04. The molecule has 7 heteroatoms. The van der Waals surface area contributed by atoms with Gasteiger partial charge in [0.1, 0.15) is 0 Å². The van der Waals surface area contributed by atoms with Crippen LogP contribution < -0.4 is 0 Å².